The lowest BCUT2D eigenvalue weighted by Gasteiger charge is -2.33. The summed E-state index contributed by atoms with van der Waals surface area (Å²) in [5.74, 6) is -3.11. The van der Waals surface area contributed by atoms with Crippen LogP contribution in [0.5, 0.6) is 0 Å². The molecule has 278 valence electrons. The number of nitrogens with one attached hydrogen (secondary N) is 5. The predicted molar refractivity (Wildman–Crippen MR) is 192 cm³/mol. The normalized spacial score (nSPS) is 26.8. The molecule has 0 radical (unpaired) electrons. The van der Waals surface area contributed by atoms with Crippen molar-refractivity contribution in [3.05, 3.63) is 35.9 Å². The molecule has 1 aromatic rings. The summed E-state index contributed by atoms with van der Waals surface area (Å²) in [6.45, 7) is 15.7. The quantitative estimate of drug-likeness (QED) is 0.253. The summed E-state index contributed by atoms with van der Waals surface area (Å²) in [6.07, 6.45) is 2.64. The number of hydrogen-bond donors (Lipinski definition) is 5. The van der Waals surface area contributed by atoms with E-state index >= 15 is 0 Å². The van der Waals surface area contributed by atoms with Gasteiger partial charge in [-0.25, -0.2) is 0 Å². The zero-order valence-electron chi connectivity index (χ0n) is 31.2. The molecule has 2 fully saturated rings. The fraction of sp³-hybridized carbons (Fsp3) is 0.684. The van der Waals surface area contributed by atoms with Gasteiger partial charge in [0.2, 0.25) is 35.4 Å². The third-order valence-corrected chi connectivity index (χ3v) is 9.55. The molecule has 12 nitrogen and oxygen atoms in total. The van der Waals surface area contributed by atoms with Crippen molar-refractivity contribution in [3.63, 3.8) is 0 Å². The Morgan fingerprint density at radius 2 is 1.08 bits per heavy atom. The van der Waals surface area contributed by atoms with E-state index in [2.05, 4.69) is 26.6 Å². The molecule has 0 spiro atoms. The summed E-state index contributed by atoms with van der Waals surface area (Å²) in [4.78, 5) is 85.4. The minimum atomic E-state index is -1.01. The van der Waals surface area contributed by atoms with Crippen LogP contribution in [0.25, 0.3) is 0 Å². The van der Waals surface area contributed by atoms with Crippen molar-refractivity contribution >= 4 is 35.4 Å². The predicted octanol–water partition coefficient (Wildman–Crippen LogP) is 2.84. The lowest BCUT2D eigenvalue weighted by atomic mass is 9.95. The minimum absolute atomic E-state index is 0.0138. The fourth-order valence-corrected chi connectivity index (χ4v) is 6.69. The molecule has 6 amide bonds. The van der Waals surface area contributed by atoms with Crippen LogP contribution >= 0.6 is 0 Å². The molecule has 2 aliphatic rings. The Morgan fingerprint density at radius 3 is 1.58 bits per heavy atom. The lowest BCUT2D eigenvalue weighted by molar-refractivity contribution is -0.143. The van der Waals surface area contributed by atoms with Crippen molar-refractivity contribution < 1.29 is 28.8 Å². The van der Waals surface area contributed by atoms with E-state index in [1.165, 1.54) is 4.90 Å². The molecule has 0 unspecified atom stereocenters. The minimum Gasteiger partial charge on any atom is -0.343 e. The van der Waals surface area contributed by atoms with Gasteiger partial charge in [-0.1, -0.05) is 92.1 Å². The molecule has 3 rings (SSSR count). The molecule has 5 N–H and O–H groups in total. The van der Waals surface area contributed by atoms with E-state index in [0.717, 1.165) is 5.56 Å². The Kier molecular flexibility index (Phi) is 15.3. The Labute approximate surface area is 298 Å². The summed E-state index contributed by atoms with van der Waals surface area (Å²) in [7, 11) is 0. The van der Waals surface area contributed by atoms with Crippen LogP contribution in [-0.2, 0) is 35.2 Å². The van der Waals surface area contributed by atoms with Gasteiger partial charge >= 0.3 is 0 Å². The lowest BCUT2D eigenvalue weighted by Crippen LogP contribution is -2.62. The Balaban J connectivity index is 2.11. The van der Waals surface area contributed by atoms with Gasteiger partial charge < -0.3 is 31.5 Å². The summed E-state index contributed by atoms with van der Waals surface area (Å²) < 4.78 is 0. The SMILES string of the molecule is CC[C@H](C)[C@@H]1NC(=O)[C@@H](CC(C)C)NC(=O)[C@H](CC(C)C)NC(=O)[C@H]2CCCN2C(=O)[C@@H](Cc2ccccc2)NC(=O)[C@H](CC(C)C)NC1=O. The average molecular weight is 697 g/mol. The highest BCUT2D eigenvalue weighted by Gasteiger charge is 2.41. The fourth-order valence-electron chi connectivity index (χ4n) is 6.69. The number of hydrogen-bond acceptors (Lipinski definition) is 6. The molecule has 0 aromatic heterocycles. The zero-order chi connectivity index (χ0) is 37.1. The van der Waals surface area contributed by atoms with Crippen molar-refractivity contribution in [1.29, 1.82) is 0 Å². The Bertz CT molecular complexity index is 1330. The van der Waals surface area contributed by atoms with Crippen molar-refractivity contribution in [2.75, 3.05) is 6.54 Å². The van der Waals surface area contributed by atoms with Crippen LogP contribution in [0.3, 0.4) is 0 Å². The topological polar surface area (TPSA) is 166 Å². The van der Waals surface area contributed by atoms with Gasteiger partial charge in [0.25, 0.3) is 0 Å². The number of amides is 6. The van der Waals surface area contributed by atoms with E-state index < -0.39 is 71.7 Å². The van der Waals surface area contributed by atoms with Crippen LogP contribution in [0.15, 0.2) is 30.3 Å². The second kappa shape index (κ2) is 18.9. The van der Waals surface area contributed by atoms with Crippen molar-refractivity contribution in [3.8, 4) is 0 Å². The molecule has 12 heteroatoms. The first-order valence-electron chi connectivity index (χ1n) is 18.5. The van der Waals surface area contributed by atoms with E-state index in [1.807, 2.05) is 85.7 Å². The average Bonchev–Trinajstić information content (AvgIpc) is 3.55. The highest BCUT2D eigenvalue weighted by atomic mass is 16.2. The van der Waals surface area contributed by atoms with Crippen LogP contribution in [-0.4, -0.2) is 83.1 Å². The van der Waals surface area contributed by atoms with Gasteiger partial charge in [0.1, 0.15) is 36.3 Å². The molecule has 2 saturated heterocycles. The summed E-state index contributed by atoms with van der Waals surface area (Å²) in [6, 6.07) is 3.56. The number of carbonyl (C=O) groups is 6. The van der Waals surface area contributed by atoms with E-state index in [1.54, 1.807) is 0 Å². The summed E-state index contributed by atoms with van der Waals surface area (Å²) in [5.41, 5.74) is 0.821. The van der Waals surface area contributed by atoms with Gasteiger partial charge in [-0.05, 0) is 61.3 Å². The molecule has 2 heterocycles. The second-order valence-corrected chi connectivity index (χ2v) is 15.4. The molecule has 50 heavy (non-hydrogen) atoms. The number of benzene rings is 1. The highest BCUT2D eigenvalue weighted by Crippen LogP contribution is 2.21. The Hall–Kier alpha value is -3.96. The maximum atomic E-state index is 14.3. The van der Waals surface area contributed by atoms with Gasteiger partial charge in [0.15, 0.2) is 0 Å². The maximum absolute atomic E-state index is 14.3. The van der Waals surface area contributed by atoms with Gasteiger partial charge in [0.05, 0.1) is 0 Å². The standard InChI is InChI=1S/C38H60N6O6/c1-9-25(8)32-37(49)41-28(19-23(4)5)34(46)42-30(21-26-14-11-10-12-15-26)38(50)44-17-13-16-31(44)36(48)40-27(18-22(2)3)33(45)39-29(20-24(6)7)35(47)43-32/h10-12,14-15,22-25,27-32H,9,13,16-21H2,1-8H3,(H,39,45)(H,40,48)(H,41,49)(H,42,46)(H,43,47)/t25-,27-,28-,29+,30+,31+,32-/m0/s1. The van der Waals surface area contributed by atoms with E-state index in [9.17, 15) is 28.8 Å². The van der Waals surface area contributed by atoms with Gasteiger partial charge in [-0.15, -0.1) is 0 Å². The largest absolute Gasteiger partial charge is 0.343 e. The Morgan fingerprint density at radius 1 is 0.620 bits per heavy atom. The van der Waals surface area contributed by atoms with Crippen LogP contribution in [0.1, 0.15) is 99.5 Å². The van der Waals surface area contributed by atoms with E-state index in [4.69, 9.17) is 0 Å². The molecule has 0 saturated carbocycles. The molecule has 0 bridgehead atoms. The molecule has 0 aliphatic carbocycles. The first-order valence-corrected chi connectivity index (χ1v) is 18.5. The van der Waals surface area contributed by atoms with E-state index in [-0.39, 0.29) is 30.1 Å². The second-order valence-electron chi connectivity index (χ2n) is 15.4. The summed E-state index contributed by atoms with van der Waals surface area (Å²) >= 11 is 0. The third-order valence-electron chi connectivity index (χ3n) is 9.55. The van der Waals surface area contributed by atoms with Crippen LogP contribution < -0.4 is 26.6 Å². The number of fused-ring (bicyclic) bond motifs is 1. The smallest absolute Gasteiger partial charge is 0.246 e. The molecule has 7 atom stereocenters. The number of rotatable bonds is 10. The summed E-state index contributed by atoms with van der Waals surface area (Å²) in [5, 5.41) is 14.5. The van der Waals surface area contributed by atoms with Gasteiger partial charge in [-0.3, -0.25) is 28.8 Å². The first-order chi connectivity index (χ1) is 23.6. The van der Waals surface area contributed by atoms with Crippen LogP contribution in [0.4, 0.5) is 0 Å². The molecule has 1 aromatic carbocycles. The van der Waals surface area contributed by atoms with Crippen LogP contribution in [0.2, 0.25) is 0 Å². The van der Waals surface area contributed by atoms with Gasteiger partial charge in [0, 0.05) is 13.0 Å². The highest BCUT2D eigenvalue weighted by molar-refractivity contribution is 5.98. The van der Waals surface area contributed by atoms with Crippen LogP contribution in [0, 0.1) is 23.7 Å². The van der Waals surface area contributed by atoms with Gasteiger partial charge in [-0.2, -0.15) is 0 Å². The monoisotopic (exact) mass is 696 g/mol. The number of nitrogens with zero attached hydrogens (tertiary/aromatic N) is 1. The van der Waals surface area contributed by atoms with E-state index in [0.29, 0.717) is 45.1 Å². The molecular weight excluding hydrogens is 636 g/mol. The third kappa shape index (κ3) is 11.6. The maximum Gasteiger partial charge on any atom is 0.246 e. The molecule has 2 aliphatic heterocycles. The molecular formula is C38H60N6O6. The van der Waals surface area contributed by atoms with Crippen molar-refractivity contribution in [1.82, 2.24) is 31.5 Å². The van der Waals surface area contributed by atoms with Crippen molar-refractivity contribution in [2.24, 2.45) is 23.7 Å². The van der Waals surface area contributed by atoms with Crippen molar-refractivity contribution in [2.45, 2.75) is 137 Å². The zero-order valence-corrected chi connectivity index (χ0v) is 31.2. The number of carbonyl (C=O) groups excluding carboxylic acids is 6. The first kappa shape index (κ1) is 40.5.